The number of amides is 2. The fourth-order valence-electron chi connectivity index (χ4n) is 3.71. The van der Waals surface area contributed by atoms with Gasteiger partial charge in [-0.1, -0.05) is 0 Å². The third kappa shape index (κ3) is 5.03. The van der Waals surface area contributed by atoms with Crippen molar-refractivity contribution in [3.8, 4) is 12.1 Å². The van der Waals surface area contributed by atoms with E-state index in [1.807, 2.05) is 0 Å². The molecule has 0 radical (unpaired) electrons. The lowest BCUT2D eigenvalue weighted by molar-refractivity contribution is -0.292. The van der Waals surface area contributed by atoms with Gasteiger partial charge in [0.25, 0.3) is 11.8 Å². The van der Waals surface area contributed by atoms with Crippen LogP contribution in [0.3, 0.4) is 0 Å². The second-order valence-electron chi connectivity index (χ2n) is 8.24. The molecule has 2 aromatic carbocycles. The summed E-state index contributed by atoms with van der Waals surface area (Å²) >= 11 is 0. The minimum Gasteiger partial charge on any atom is -0.398 e. The number of aryl methyl sites for hydroxylation is 2. The topological polar surface area (TPSA) is 129 Å². The molecule has 208 valence electrons. The van der Waals surface area contributed by atoms with Crippen molar-refractivity contribution in [2.24, 2.45) is 7.05 Å². The zero-order valence-electron chi connectivity index (χ0n) is 20.1. The van der Waals surface area contributed by atoms with Gasteiger partial charge in [-0.25, -0.2) is 4.90 Å². The number of hydrogen-bond donors (Lipinski definition) is 1. The van der Waals surface area contributed by atoms with Gasteiger partial charge in [0, 0.05) is 18.3 Å². The highest BCUT2D eigenvalue weighted by molar-refractivity contribution is 6.27. The van der Waals surface area contributed by atoms with Gasteiger partial charge in [0.15, 0.2) is 11.5 Å². The fraction of sp³-hybridized carbons (Fsp3) is 0.208. The fourth-order valence-corrected chi connectivity index (χ4v) is 3.71. The molecule has 3 aromatic rings. The second-order valence-corrected chi connectivity index (χ2v) is 8.24. The molecule has 1 aromatic heterocycles. The normalized spacial score (nSPS) is 12.0. The number of rotatable bonds is 4. The Morgan fingerprint density at radius 1 is 0.900 bits per heavy atom. The number of nitriles is 2. The van der Waals surface area contributed by atoms with Gasteiger partial charge in [-0.15, -0.1) is 0 Å². The summed E-state index contributed by atoms with van der Waals surface area (Å²) in [7, 11) is 0.530. The highest BCUT2D eigenvalue weighted by Crippen LogP contribution is 2.50. The highest BCUT2D eigenvalue weighted by atomic mass is 19.4. The van der Waals surface area contributed by atoms with Crippen molar-refractivity contribution in [2.45, 2.75) is 25.2 Å². The van der Waals surface area contributed by atoms with Gasteiger partial charge < -0.3 is 5.73 Å². The standard InChI is InChI=1S/C24H14F8N6O2/c1-11-7-12(9-33)3-5-14(11)20(39)38(21(40)15-6-4-13(10-34)8-16(15)35)19-17(23(27,28)29)18(36-37(19)2)22(25,26)24(30,31)32/h3-8H,35H2,1-2H3. The molecule has 0 aliphatic heterocycles. The third-order valence-corrected chi connectivity index (χ3v) is 5.57. The van der Waals surface area contributed by atoms with Crippen molar-refractivity contribution in [2.75, 3.05) is 10.6 Å². The number of carbonyl (C=O) groups excluding carboxylic acids is 2. The molecule has 8 nitrogen and oxygen atoms in total. The van der Waals surface area contributed by atoms with Gasteiger partial charge in [0.1, 0.15) is 5.56 Å². The molecular weight excluding hydrogens is 556 g/mol. The molecule has 2 N–H and O–H groups in total. The summed E-state index contributed by atoms with van der Waals surface area (Å²) in [5.74, 6) is -11.2. The number of anilines is 2. The smallest absolute Gasteiger partial charge is 0.398 e. The van der Waals surface area contributed by atoms with E-state index in [9.17, 15) is 44.7 Å². The number of aromatic nitrogens is 2. The first-order valence-electron chi connectivity index (χ1n) is 10.6. The van der Waals surface area contributed by atoms with E-state index >= 15 is 0 Å². The third-order valence-electron chi connectivity index (χ3n) is 5.57. The van der Waals surface area contributed by atoms with Gasteiger partial charge in [0.2, 0.25) is 0 Å². The number of halogens is 8. The molecule has 1 heterocycles. The van der Waals surface area contributed by atoms with Crippen molar-refractivity contribution < 1.29 is 44.7 Å². The van der Waals surface area contributed by atoms with Crippen molar-refractivity contribution >= 4 is 23.3 Å². The molecule has 3 rings (SSSR count). The van der Waals surface area contributed by atoms with Crippen LogP contribution in [0.1, 0.15) is 48.7 Å². The molecule has 40 heavy (non-hydrogen) atoms. The van der Waals surface area contributed by atoms with Crippen LogP contribution in [-0.4, -0.2) is 27.8 Å². The number of carbonyl (C=O) groups is 2. The summed E-state index contributed by atoms with van der Waals surface area (Å²) in [6.45, 7) is 1.24. The number of alkyl halides is 8. The Morgan fingerprint density at radius 2 is 1.40 bits per heavy atom. The SMILES string of the molecule is Cc1cc(C#N)ccc1C(=O)N(C(=O)c1ccc(C#N)cc1N)c1c(C(F)(F)F)c(C(F)(F)C(F)(F)F)nn1C. The van der Waals surface area contributed by atoms with Crippen molar-refractivity contribution in [1.29, 1.82) is 10.5 Å². The molecule has 0 aliphatic carbocycles. The maximum atomic E-state index is 14.3. The molecule has 0 bridgehead atoms. The van der Waals surface area contributed by atoms with Gasteiger partial charge in [-0.05, 0) is 48.9 Å². The van der Waals surface area contributed by atoms with Gasteiger partial charge in [0.05, 0.1) is 28.8 Å². The summed E-state index contributed by atoms with van der Waals surface area (Å²) in [5.41, 5.74) is -1.58. The van der Waals surface area contributed by atoms with Crippen LogP contribution < -0.4 is 10.6 Å². The molecular formula is C24H14F8N6O2. The van der Waals surface area contributed by atoms with Crippen molar-refractivity contribution in [3.63, 3.8) is 0 Å². The Kier molecular flexibility index (Phi) is 7.36. The molecule has 0 spiro atoms. The molecule has 16 heteroatoms. The molecule has 0 saturated heterocycles. The maximum absolute atomic E-state index is 14.3. The van der Waals surface area contributed by atoms with Gasteiger partial charge >= 0.3 is 18.3 Å². The van der Waals surface area contributed by atoms with Crippen LogP contribution in [0.4, 0.5) is 46.6 Å². The minimum absolute atomic E-state index is 0.00637. The quantitative estimate of drug-likeness (QED) is 0.260. The lowest BCUT2D eigenvalue weighted by Crippen LogP contribution is -2.41. The average Bonchev–Trinajstić information content (AvgIpc) is 3.20. The lowest BCUT2D eigenvalue weighted by Gasteiger charge is -2.25. The van der Waals surface area contributed by atoms with Crippen LogP contribution in [0, 0.1) is 29.6 Å². The summed E-state index contributed by atoms with van der Waals surface area (Å²) < 4.78 is 110. The summed E-state index contributed by atoms with van der Waals surface area (Å²) in [6, 6.07) is 9.37. The molecule has 0 unspecified atom stereocenters. The van der Waals surface area contributed by atoms with E-state index in [1.54, 1.807) is 12.1 Å². The minimum atomic E-state index is -6.53. The molecule has 0 fully saturated rings. The summed E-state index contributed by atoms with van der Waals surface area (Å²) in [4.78, 5) is 26.9. The number of hydrogen-bond acceptors (Lipinski definition) is 6. The zero-order valence-corrected chi connectivity index (χ0v) is 20.1. The van der Waals surface area contributed by atoms with Gasteiger partial charge in [-0.3, -0.25) is 14.3 Å². The number of nitrogens with zero attached hydrogens (tertiary/aromatic N) is 5. The number of nitrogen functional groups attached to an aromatic ring is 1. The van der Waals surface area contributed by atoms with E-state index in [1.165, 1.54) is 6.92 Å². The van der Waals surface area contributed by atoms with Crippen LogP contribution in [-0.2, 0) is 19.1 Å². The van der Waals surface area contributed by atoms with Crippen LogP contribution >= 0.6 is 0 Å². The largest absolute Gasteiger partial charge is 0.459 e. The van der Waals surface area contributed by atoms with Crippen LogP contribution in [0.5, 0.6) is 0 Å². The predicted octanol–water partition coefficient (Wildman–Crippen LogP) is 5.21. The monoisotopic (exact) mass is 570 g/mol. The molecule has 0 saturated carbocycles. The van der Waals surface area contributed by atoms with Gasteiger partial charge in [-0.2, -0.15) is 50.7 Å². The van der Waals surface area contributed by atoms with Crippen molar-refractivity contribution in [3.05, 3.63) is 75.5 Å². The zero-order chi connectivity index (χ0) is 30.4. The Morgan fingerprint density at radius 3 is 1.85 bits per heavy atom. The number of imide groups is 1. The second kappa shape index (κ2) is 9.96. The van der Waals surface area contributed by atoms with Crippen LogP contribution in [0.25, 0.3) is 0 Å². The first-order chi connectivity index (χ1) is 18.4. The molecule has 2 amide bonds. The van der Waals surface area contributed by atoms with E-state index in [0.29, 0.717) is 7.05 Å². The highest BCUT2D eigenvalue weighted by Gasteiger charge is 2.64. The van der Waals surface area contributed by atoms with E-state index in [4.69, 9.17) is 16.3 Å². The van der Waals surface area contributed by atoms with Crippen LogP contribution in [0.2, 0.25) is 0 Å². The van der Waals surface area contributed by atoms with E-state index < -0.39 is 64.0 Å². The Hall–Kier alpha value is -4.99. The van der Waals surface area contributed by atoms with E-state index in [-0.39, 0.29) is 26.3 Å². The Bertz CT molecular complexity index is 1530. The summed E-state index contributed by atoms with van der Waals surface area (Å²) in [5, 5.41) is 20.8. The molecule has 0 atom stereocenters. The van der Waals surface area contributed by atoms with E-state index in [2.05, 4.69) is 5.10 Å². The van der Waals surface area contributed by atoms with Crippen LogP contribution in [0.15, 0.2) is 36.4 Å². The first kappa shape index (κ1) is 29.6. The van der Waals surface area contributed by atoms with E-state index in [0.717, 1.165) is 36.4 Å². The summed E-state index contributed by atoms with van der Waals surface area (Å²) in [6.07, 6.45) is -12.5. The number of nitrogens with two attached hydrogens (primary N) is 1. The average molecular weight is 570 g/mol. The lowest BCUT2D eigenvalue weighted by atomic mass is 10.0. The predicted molar refractivity (Wildman–Crippen MR) is 121 cm³/mol. The Balaban J connectivity index is 2.43. The maximum Gasteiger partial charge on any atom is 0.459 e. The first-order valence-corrected chi connectivity index (χ1v) is 10.6. The number of benzene rings is 2. The van der Waals surface area contributed by atoms with Crippen molar-refractivity contribution in [1.82, 2.24) is 9.78 Å². The molecule has 0 aliphatic rings. The Labute approximate surface area is 219 Å².